The predicted octanol–water partition coefficient (Wildman–Crippen LogP) is 8.56. The van der Waals surface area contributed by atoms with E-state index in [-0.39, 0.29) is 0 Å². The van der Waals surface area contributed by atoms with Gasteiger partial charge in [0.2, 0.25) is 0 Å². The minimum atomic E-state index is 1.13. The molecule has 1 heterocycles. The van der Waals surface area contributed by atoms with Gasteiger partial charge >= 0.3 is 0 Å². The number of benzene rings is 6. The highest BCUT2D eigenvalue weighted by Crippen LogP contribution is 2.41. The lowest BCUT2D eigenvalue weighted by Gasteiger charge is -2.17. The normalized spacial score (nSPS) is 11.6. The first-order valence-corrected chi connectivity index (χ1v) is 11.3. The van der Waals surface area contributed by atoms with Gasteiger partial charge in [0.15, 0.2) is 0 Å². The Morgan fingerprint density at radius 3 is 1.76 bits per heavy atom. The maximum Gasteiger partial charge on any atom is 0.0547 e. The Balaban J connectivity index is 1.73. The topological polar surface area (TPSA) is 4.93 Å². The number of hydrogen-bond donors (Lipinski definition) is 0. The second kappa shape index (κ2) is 7.08. The molecule has 153 valence electrons. The zero-order valence-electron chi connectivity index (χ0n) is 18.0. The molecule has 0 unspecified atom stereocenters. The van der Waals surface area contributed by atoms with Crippen LogP contribution in [0.25, 0.3) is 60.2 Å². The summed E-state index contributed by atoms with van der Waals surface area (Å²) in [6.07, 6.45) is 0. The van der Waals surface area contributed by atoms with Gasteiger partial charge in [-0.3, -0.25) is 0 Å². The largest absolute Gasteiger partial charge is 0.309 e. The van der Waals surface area contributed by atoms with Gasteiger partial charge in [0.1, 0.15) is 0 Å². The van der Waals surface area contributed by atoms with Gasteiger partial charge in [0.05, 0.1) is 16.7 Å². The van der Waals surface area contributed by atoms with E-state index in [1.807, 2.05) is 0 Å². The van der Waals surface area contributed by atoms with Crippen LogP contribution in [0.5, 0.6) is 0 Å². The van der Waals surface area contributed by atoms with Crippen molar-refractivity contribution in [2.45, 2.75) is 0 Å². The van der Waals surface area contributed by atoms with Crippen LogP contribution < -0.4 is 0 Å². The molecule has 0 amide bonds. The molecule has 1 heteroatoms. The molecule has 0 aliphatic carbocycles. The number of hydrogen-bond acceptors (Lipinski definition) is 0. The molecule has 1 aromatic heterocycles. The van der Waals surface area contributed by atoms with E-state index in [4.69, 9.17) is 0 Å². The zero-order valence-corrected chi connectivity index (χ0v) is 18.0. The van der Waals surface area contributed by atoms with Gasteiger partial charge in [-0.25, -0.2) is 0 Å². The van der Waals surface area contributed by atoms with E-state index in [1.54, 1.807) is 0 Å². The lowest BCUT2D eigenvalue weighted by atomic mass is 9.91. The van der Waals surface area contributed by atoms with E-state index in [1.165, 1.54) is 49.4 Å². The molecule has 1 radical (unpaired) electrons. The molecule has 7 aromatic rings. The first-order valence-electron chi connectivity index (χ1n) is 11.3. The average Bonchev–Trinajstić information content (AvgIpc) is 3.22. The third kappa shape index (κ3) is 2.66. The van der Waals surface area contributed by atoms with Crippen LogP contribution in [0, 0.1) is 6.07 Å². The van der Waals surface area contributed by atoms with Gasteiger partial charge in [0.25, 0.3) is 0 Å². The molecule has 33 heavy (non-hydrogen) atoms. The average molecular weight is 419 g/mol. The molecule has 0 fully saturated rings. The maximum absolute atomic E-state index is 3.70. The first kappa shape index (κ1) is 18.2. The van der Waals surface area contributed by atoms with Crippen molar-refractivity contribution in [3.63, 3.8) is 0 Å². The molecule has 0 aliphatic rings. The summed E-state index contributed by atoms with van der Waals surface area (Å²) in [5.74, 6) is 0. The molecule has 0 bridgehead atoms. The summed E-state index contributed by atoms with van der Waals surface area (Å²) in [5, 5.41) is 7.28. The Bertz CT molecular complexity index is 1750. The van der Waals surface area contributed by atoms with E-state index >= 15 is 0 Å². The van der Waals surface area contributed by atoms with Crippen molar-refractivity contribution >= 4 is 43.4 Å². The maximum atomic E-state index is 3.70. The smallest absolute Gasteiger partial charge is 0.0547 e. The van der Waals surface area contributed by atoms with E-state index in [9.17, 15) is 0 Å². The summed E-state index contributed by atoms with van der Waals surface area (Å²) in [6, 6.07) is 47.0. The fourth-order valence-corrected chi connectivity index (χ4v) is 5.27. The molecule has 6 aromatic carbocycles. The molecule has 0 N–H and O–H groups in total. The fourth-order valence-electron chi connectivity index (χ4n) is 5.27. The molecule has 0 aliphatic heterocycles. The summed E-state index contributed by atoms with van der Waals surface area (Å²) in [5.41, 5.74) is 6.11. The van der Waals surface area contributed by atoms with Crippen molar-refractivity contribution in [2.24, 2.45) is 0 Å². The van der Waals surface area contributed by atoms with Crippen LogP contribution in [0.2, 0.25) is 0 Å². The van der Waals surface area contributed by atoms with Crippen LogP contribution in [0.4, 0.5) is 0 Å². The molecule has 0 saturated heterocycles. The molecule has 0 saturated carbocycles. The van der Waals surface area contributed by atoms with E-state index in [2.05, 4.69) is 132 Å². The number of rotatable bonds is 2. The predicted molar refractivity (Wildman–Crippen MR) is 140 cm³/mol. The van der Waals surface area contributed by atoms with Crippen LogP contribution in [0.15, 0.2) is 121 Å². The van der Waals surface area contributed by atoms with Crippen molar-refractivity contribution < 1.29 is 0 Å². The Hall–Kier alpha value is -4.36. The van der Waals surface area contributed by atoms with E-state index in [0.717, 1.165) is 10.8 Å². The second-order valence-electron chi connectivity index (χ2n) is 8.48. The third-order valence-corrected chi connectivity index (χ3v) is 6.64. The van der Waals surface area contributed by atoms with Crippen LogP contribution in [-0.4, -0.2) is 4.57 Å². The van der Waals surface area contributed by atoms with Gasteiger partial charge in [-0.15, -0.1) is 0 Å². The van der Waals surface area contributed by atoms with E-state index < -0.39 is 0 Å². The minimum Gasteiger partial charge on any atom is -0.309 e. The van der Waals surface area contributed by atoms with Gasteiger partial charge in [-0.1, -0.05) is 103 Å². The zero-order chi connectivity index (χ0) is 21.8. The quantitative estimate of drug-likeness (QED) is 0.248. The van der Waals surface area contributed by atoms with Gasteiger partial charge in [-0.05, 0) is 51.6 Å². The first-order chi connectivity index (χ1) is 16.4. The summed E-state index contributed by atoms with van der Waals surface area (Å²) >= 11 is 0. The SMILES string of the molecule is [c]1c2ccccc2c(-c2ccccc2)c2c(-n3c4ccccc4c4ccccc43)cccc12. The minimum absolute atomic E-state index is 1.13. The Labute approximate surface area is 192 Å². The van der Waals surface area contributed by atoms with Gasteiger partial charge in [0, 0.05) is 16.2 Å². The van der Waals surface area contributed by atoms with Gasteiger partial charge in [-0.2, -0.15) is 0 Å². The Morgan fingerprint density at radius 2 is 1.03 bits per heavy atom. The summed E-state index contributed by atoms with van der Waals surface area (Å²) in [7, 11) is 0. The number of nitrogens with zero attached hydrogens (tertiary/aromatic N) is 1. The van der Waals surface area contributed by atoms with Crippen molar-refractivity contribution in [3.8, 4) is 16.8 Å². The molecule has 0 spiro atoms. The second-order valence-corrected chi connectivity index (χ2v) is 8.48. The molecular weight excluding hydrogens is 398 g/mol. The number of aromatic nitrogens is 1. The summed E-state index contributed by atoms with van der Waals surface area (Å²) < 4.78 is 2.42. The van der Waals surface area contributed by atoms with Crippen LogP contribution in [-0.2, 0) is 0 Å². The molecule has 1 nitrogen and oxygen atoms in total. The van der Waals surface area contributed by atoms with Crippen molar-refractivity contribution in [2.75, 3.05) is 0 Å². The lowest BCUT2D eigenvalue weighted by molar-refractivity contribution is 1.20. The highest BCUT2D eigenvalue weighted by Gasteiger charge is 2.18. The Morgan fingerprint density at radius 1 is 0.455 bits per heavy atom. The molecule has 0 atom stereocenters. The molecule has 7 rings (SSSR count). The van der Waals surface area contributed by atoms with Crippen molar-refractivity contribution in [3.05, 3.63) is 127 Å². The standard InChI is InChI=1S/C32H20N/c1-2-11-22(12-3-1)31-25-15-5-4-13-23(25)21-24-14-10-20-30(32(24)31)33-28-18-8-6-16-26(28)27-17-7-9-19-29(27)33/h1-20H. The van der Waals surface area contributed by atoms with Crippen LogP contribution in [0.3, 0.4) is 0 Å². The highest BCUT2D eigenvalue weighted by molar-refractivity contribution is 6.17. The summed E-state index contributed by atoms with van der Waals surface area (Å²) in [4.78, 5) is 0. The third-order valence-electron chi connectivity index (χ3n) is 6.64. The Kier molecular flexibility index (Phi) is 3.91. The number of para-hydroxylation sites is 2. The van der Waals surface area contributed by atoms with Crippen molar-refractivity contribution in [1.82, 2.24) is 4.57 Å². The highest BCUT2D eigenvalue weighted by atomic mass is 15.0. The van der Waals surface area contributed by atoms with Crippen LogP contribution >= 0.6 is 0 Å². The van der Waals surface area contributed by atoms with Gasteiger partial charge < -0.3 is 4.57 Å². The lowest BCUT2D eigenvalue weighted by Crippen LogP contribution is -1.97. The van der Waals surface area contributed by atoms with Crippen LogP contribution in [0.1, 0.15) is 0 Å². The van der Waals surface area contributed by atoms with E-state index in [0.29, 0.717) is 0 Å². The monoisotopic (exact) mass is 418 g/mol. The summed E-state index contributed by atoms with van der Waals surface area (Å²) in [6.45, 7) is 0. The van der Waals surface area contributed by atoms with Crippen molar-refractivity contribution in [1.29, 1.82) is 0 Å². The molecular formula is C32H20N. The number of fused-ring (bicyclic) bond motifs is 5. The fraction of sp³-hybridized carbons (Fsp3) is 0.